The lowest BCUT2D eigenvalue weighted by atomic mass is 9.88. The summed E-state index contributed by atoms with van der Waals surface area (Å²) in [5.41, 5.74) is 3.43. The first-order chi connectivity index (χ1) is 14.0. The molecular formula is C23H27N3O3. The molecule has 2 aromatic rings. The van der Waals surface area contributed by atoms with Gasteiger partial charge in [0.1, 0.15) is 11.8 Å². The standard InChI is InChI=1S/C23H27N3O3/c1-15(2)13-24-21(28)14-26-18-9-4-3-7-16(18)25-17-8-5-10-19(27)22(17)23(26)20-11-6-12-29-20/h3-4,6-7,9,11-12,15,23,25H,5,8,10,13-14H2,1-2H3,(H,24,28). The molecule has 1 unspecified atom stereocenters. The fourth-order valence-corrected chi connectivity index (χ4v) is 4.05. The number of amides is 1. The molecule has 1 aromatic carbocycles. The summed E-state index contributed by atoms with van der Waals surface area (Å²) in [6, 6.07) is 11.1. The van der Waals surface area contributed by atoms with E-state index in [1.807, 2.05) is 41.3 Å². The van der Waals surface area contributed by atoms with Crippen LogP contribution < -0.4 is 15.5 Å². The summed E-state index contributed by atoms with van der Waals surface area (Å²) in [6.07, 6.45) is 3.76. The molecule has 6 nitrogen and oxygen atoms in total. The highest BCUT2D eigenvalue weighted by Crippen LogP contribution is 2.44. The van der Waals surface area contributed by atoms with Gasteiger partial charge in [-0.05, 0) is 43.0 Å². The van der Waals surface area contributed by atoms with Crippen LogP contribution in [0.5, 0.6) is 0 Å². The summed E-state index contributed by atoms with van der Waals surface area (Å²) in [7, 11) is 0. The average molecular weight is 393 g/mol. The Morgan fingerprint density at radius 2 is 2.07 bits per heavy atom. The second-order valence-electron chi connectivity index (χ2n) is 8.05. The molecule has 29 heavy (non-hydrogen) atoms. The zero-order valence-corrected chi connectivity index (χ0v) is 16.9. The molecule has 0 spiro atoms. The molecule has 2 N–H and O–H groups in total. The Balaban J connectivity index is 1.81. The zero-order valence-electron chi connectivity index (χ0n) is 16.9. The second-order valence-corrected chi connectivity index (χ2v) is 8.05. The maximum atomic E-state index is 13.0. The van der Waals surface area contributed by atoms with Crippen molar-refractivity contribution in [3.63, 3.8) is 0 Å². The maximum Gasteiger partial charge on any atom is 0.239 e. The van der Waals surface area contributed by atoms with E-state index in [2.05, 4.69) is 24.5 Å². The SMILES string of the molecule is CC(C)CNC(=O)CN1c2ccccc2NC2=C(C(=O)CCC2)C1c1ccco1. The lowest BCUT2D eigenvalue weighted by Gasteiger charge is -2.33. The van der Waals surface area contributed by atoms with E-state index in [9.17, 15) is 9.59 Å². The molecule has 0 bridgehead atoms. The van der Waals surface area contributed by atoms with Crippen molar-refractivity contribution in [2.24, 2.45) is 5.92 Å². The Kier molecular flexibility index (Phi) is 5.43. The Morgan fingerprint density at radius 1 is 1.24 bits per heavy atom. The number of rotatable bonds is 5. The number of carbonyl (C=O) groups is 2. The van der Waals surface area contributed by atoms with Gasteiger partial charge in [-0.1, -0.05) is 26.0 Å². The smallest absolute Gasteiger partial charge is 0.239 e. The van der Waals surface area contributed by atoms with Gasteiger partial charge in [0.2, 0.25) is 5.91 Å². The molecule has 0 saturated carbocycles. The minimum absolute atomic E-state index is 0.0719. The van der Waals surface area contributed by atoms with Crippen LogP contribution in [0.2, 0.25) is 0 Å². The van der Waals surface area contributed by atoms with Crippen LogP contribution in [-0.2, 0) is 9.59 Å². The van der Waals surface area contributed by atoms with Gasteiger partial charge in [0, 0.05) is 24.2 Å². The number of furan rings is 1. The molecule has 4 rings (SSSR count). The molecule has 0 fully saturated rings. The monoisotopic (exact) mass is 393 g/mol. The van der Waals surface area contributed by atoms with Crippen molar-refractivity contribution in [3.05, 3.63) is 59.7 Å². The van der Waals surface area contributed by atoms with Gasteiger partial charge in [-0.25, -0.2) is 0 Å². The number of nitrogens with zero attached hydrogens (tertiary/aromatic N) is 1. The van der Waals surface area contributed by atoms with E-state index in [1.54, 1.807) is 6.26 Å². The Morgan fingerprint density at radius 3 is 2.83 bits per heavy atom. The highest BCUT2D eigenvalue weighted by Gasteiger charge is 2.38. The molecule has 2 aliphatic rings. The van der Waals surface area contributed by atoms with Crippen molar-refractivity contribution in [1.29, 1.82) is 0 Å². The van der Waals surface area contributed by atoms with E-state index in [1.165, 1.54) is 0 Å². The highest BCUT2D eigenvalue weighted by molar-refractivity contribution is 6.01. The normalized spacial score (nSPS) is 18.8. The first kappa shape index (κ1) is 19.3. The maximum absolute atomic E-state index is 13.0. The van der Waals surface area contributed by atoms with Gasteiger partial charge in [0.25, 0.3) is 0 Å². The third kappa shape index (κ3) is 3.92. The molecule has 6 heteroatoms. The van der Waals surface area contributed by atoms with Gasteiger partial charge in [-0.2, -0.15) is 0 Å². The number of para-hydroxylation sites is 2. The number of carbonyl (C=O) groups excluding carboxylic acids is 2. The molecule has 1 atom stereocenters. The molecule has 0 radical (unpaired) electrons. The van der Waals surface area contributed by atoms with Gasteiger partial charge >= 0.3 is 0 Å². The molecule has 1 amide bonds. The van der Waals surface area contributed by atoms with Crippen LogP contribution in [0.3, 0.4) is 0 Å². The topological polar surface area (TPSA) is 74.6 Å². The average Bonchev–Trinajstić information content (AvgIpc) is 3.18. The number of ketones is 1. The zero-order chi connectivity index (χ0) is 20.4. The number of fused-ring (bicyclic) bond motifs is 1. The summed E-state index contributed by atoms with van der Waals surface area (Å²) in [5, 5.41) is 6.48. The van der Waals surface area contributed by atoms with Crippen LogP contribution in [0.1, 0.15) is 44.9 Å². The Bertz CT molecular complexity index is 931. The van der Waals surface area contributed by atoms with Gasteiger partial charge in [-0.3, -0.25) is 9.59 Å². The number of hydrogen-bond donors (Lipinski definition) is 2. The Hall–Kier alpha value is -3.02. The van der Waals surface area contributed by atoms with E-state index in [0.29, 0.717) is 30.2 Å². The first-order valence-electron chi connectivity index (χ1n) is 10.2. The number of allylic oxidation sites excluding steroid dienone is 1. The number of nitrogens with one attached hydrogen (secondary N) is 2. The van der Waals surface area contributed by atoms with Gasteiger partial charge < -0.3 is 20.0 Å². The van der Waals surface area contributed by atoms with E-state index >= 15 is 0 Å². The van der Waals surface area contributed by atoms with Crippen molar-refractivity contribution < 1.29 is 14.0 Å². The lowest BCUT2D eigenvalue weighted by Crippen LogP contribution is -2.42. The summed E-state index contributed by atoms with van der Waals surface area (Å²) < 4.78 is 5.76. The largest absolute Gasteiger partial charge is 0.467 e. The summed E-state index contributed by atoms with van der Waals surface area (Å²) in [4.78, 5) is 27.8. The third-order valence-corrected chi connectivity index (χ3v) is 5.37. The molecule has 2 heterocycles. The molecular weight excluding hydrogens is 366 g/mol. The predicted octanol–water partition coefficient (Wildman–Crippen LogP) is 4.03. The summed E-state index contributed by atoms with van der Waals surface area (Å²) >= 11 is 0. The van der Waals surface area contributed by atoms with Crippen LogP contribution in [-0.4, -0.2) is 24.8 Å². The fraction of sp³-hybridized carbons (Fsp3) is 0.391. The fourth-order valence-electron chi connectivity index (χ4n) is 4.05. The molecule has 1 aliphatic carbocycles. The lowest BCUT2D eigenvalue weighted by molar-refractivity contribution is -0.120. The van der Waals surface area contributed by atoms with Gasteiger partial charge in [0.15, 0.2) is 5.78 Å². The highest BCUT2D eigenvalue weighted by atomic mass is 16.3. The molecule has 1 aromatic heterocycles. The van der Waals surface area contributed by atoms with Crippen molar-refractivity contribution >= 4 is 23.1 Å². The van der Waals surface area contributed by atoms with Crippen LogP contribution >= 0.6 is 0 Å². The molecule has 0 saturated heterocycles. The van der Waals surface area contributed by atoms with E-state index in [4.69, 9.17) is 4.42 Å². The summed E-state index contributed by atoms with van der Waals surface area (Å²) in [5.74, 6) is 1.08. The van der Waals surface area contributed by atoms with Crippen molar-refractivity contribution in [2.75, 3.05) is 23.3 Å². The third-order valence-electron chi connectivity index (χ3n) is 5.37. The van der Waals surface area contributed by atoms with Crippen LogP contribution in [0.25, 0.3) is 0 Å². The summed E-state index contributed by atoms with van der Waals surface area (Å²) in [6.45, 7) is 4.88. The number of benzene rings is 1. The first-order valence-corrected chi connectivity index (χ1v) is 10.2. The van der Waals surface area contributed by atoms with Crippen molar-refractivity contribution in [2.45, 2.75) is 39.2 Å². The van der Waals surface area contributed by atoms with Gasteiger partial charge in [0.05, 0.1) is 24.2 Å². The van der Waals surface area contributed by atoms with Crippen LogP contribution in [0.4, 0.5) is 11.4 Å². The minimum atomic E-state index is -0.436. The van der Waals surface area contributed by atoms with E-state index in [0.717, 1.165) is 29.9 Å². The molecule has 1 aliphatic heterocycles. The Labute approximate surface area is 171 Å². The van der Waals surface area contributed by atoms with Crippen LogP contribution in [0, 0.1) is 5.92 Å². The van der Waals surface area contributed by atoms with Crippen molar-refractivity contribution in [1.82, 2.24) is 5.32 Å². The second kappa shape index (κ2) is 8.15. The van der Waals surface area contributed by atoms with Crippen molar-refractivity contribution in [3.8, 4) is 0 Å². The number of hydrogen-bond acceptors (Lipinski definition) is 5. The molecule has 152 valence electrons. The van der Waals surface area contributed by atoms with Crippen LogP contribution in [0.15, 0.2) is 58.3 Å². The van der Waals surface area contributed by atoms with E-state index in [-0.39, 0.29) is 18.2 Å². The number of anilines is 2. The predicted molar refractivity (Wildman–Crippen MR) is 113 cm³/mol. The quantitative estimate of drug-likeness (QED) is 0.802. The van der Waals surface area contributed by atoms with E-state index < -0.39 is 6.04 Å². The minimum Gasteiger partial charge on any atom is -0.467 e. The number of Topliss-reactive ketones (excluding diaryl/α,β-unsaturated/α-hetero) is 1. The van der Waals surface area contributed by atoms with Gasteiger partial charge in [-0.15, -0.1) is 0 Å².